The van der Waals surface area contributed by atoms with Crippen molar-refractivity contribution in [2.24, 2.45) is 11.0 Å². The number of benzene rings is 1. The van der Waals surface area contributed by atoms with Gasteiger partial charge in [0.2, 0.25) is 0 Å². The van der Waals surface area contributed by atoms with Gasteiger partial charge in [-0.3, -0.25) is 10.2 Å². The van der Waals surface area contributed by atoms with E-state index in [-0.39, 0.29) is 5.91 Å². The summed E-state index contributed by atoms with van der Waals surface area (Å²) >= 11 is 0. The fourth-order valence-corrected chi connectivity index (χ4v) is 2.60. The van der Waals surface area contributed by atoms with Crippen LogP contribution in [0.4, 0.5) is 5.82 Å². The molecule has 2 aromatic rings. The number of rotatable bonds is 4. The molecule has 0 radical (unpaired) electrons. The Balaban J connectivity index is 1.96. The number of nitrogens with zero attached hydrogens (tertiary/aromatic N) is 3. The van der Waals surface area contributed by atoms with E-state index in [1.165, 1.54) is 0 Å². The van der Waals surface area contributed by atoms with E-state index in [4.69, 9.17) is 4.74 Å². The Labute approximate surface area is 141 Å². The number of carbonyl (C=O) groups excluding carboxylic acids is 1. The highest BCUT2D eigenvalue weighted by Crippen LogP contribution is 2.22. The molecule has 1 aromatic carbocycles. The average Bonchev–Trinajstić information content (AvgIpc) is 2.61. The lowest BCUT2D eigenvalue weighted by Gasteiger charge is -2.27. The standard InChI is InChI=1S/C18H22N4O2/c1-13(2)12-19-21-17-11-15(14-5-3-4-6-16(14)20-17)18(23)22-7-9-24-10-8-22/h3-6,11-13H,7-10H2,1-2H3,(H,20,21)/b19-12+. The van der Waals surface area contributed by atoms with Crippen LogP contribution in [0.2, 0.25) is 0 Å². The van der Waals surface area contributed by atoms with Gasteiger partial charge in [-0.05, 0) is 18.1 Å². The third-order valence-electron chi connectivity index (χ3n) is 3.80. The molecular weight excluding hydrogens is 304 g/mol. The Morgan fingerprint density at radius 2 is 2.08 bits per heavy atom. The quantitative estimate of drug-likeness (QED) is 0.693. The van der Waals surface area contributed by atoms with Gasteiger partial charge < -0.3 is 9.64 Å². The van der Waals surface area contributed by atoms with Gasteiger partial charge in [-0.2, -0.15) is 5.10 Å². The van der Waals surface area contributed by atoms with Crippen molar-refractivity contribution in [1.29, 1.82) is 0 Å². The SMILES string of the molecule is CC(C)/C=N/Nc1cc(C(=O)N2CCOCC2)c2ccccc2n1. The number of amides is 1. The van der Waals surface area contributed by atoms with Crippen LogP contribution in [0, 0.1) is 5.92 Å². The molecule has 1 aliphatic rings. The van der Waals surface area contributed by atoms with Crippen LogP contribution in [0.3, 0.4) is 0 Å². The van der Waals surface area contributed by atoms with Gasteiger partial charge in [-0.1, -0.05) is 32.0 Å². The van der Waals surface area contributed by atoms with Gasteiger partial charge in [0.25, 0.3) is 5.91 Å². The van der Waals surface area contributed by atoms with E-state index in [0.29, 0.717) is 43.6 Å². The lowest BCUT2D eigenvalue weighted by atomic mass is 10.1. The van der Waals surface area contributed by atoms with Crippen LogP contribution in [0.15, 0.2) is 35.4 Å². The summed E-state index contributed by atoms with van der Waals surface area (Å²) in [5.74, 6) is 0.919. The number of pyridine rings is 1. The second-order valence-corrected chi connectivity index (χ2v) is 6.11. The molecule has 1 fully saturated rings. The smallest absolute Gasteiger partial charge is 0.254 e. The second-order valence-electron chi connectivity index (χ2n) is 6.11. The van der Waals surface area contributed by atoms with Gasteiger partial charge in [0, 0.05) is 24.7 Å². The molecule has 126 valence electrons. The number of ether oxygens (including phenoxy) is 1. The van der Waals surface area contributed by atoms with Crippen molar-refractivity contribution in [3.63, 3.8) is 0 Å². The molecule has 0 atom stereocenters. The Hall–Kier alpha value is -2.47. The van der Waals surface area contributed by atoms with E-state index in [1.807, 2.05) is 43.0 Å². The summed E-state index contributed by atoms with van der Waals surface area (Å²) in [5.41, 5.74) is 4.35. The number of aromatic nitrogens is 1. The molecule has 0 spiro atoms. The first-order chi connectivity index (χ1) is 11.6. The Kier molecular flexibility index (Phi) is 5.05. The first-order valence-corrected chi connectivity index (χ1v) is 8.21. The topological polar surface area (TPSA) is 66.8 Å². The van der Waals surface area contributed by atoms with Crippen molar-refractivity contribution in [3.8, 4) is 0 Å². The predicted molar refractivity (Wildman–Crippen MR) is 95.4 cm³/mol. The first-order valence-electron chi connectivity index (χ1n) is 8.21. The summed E-state index contributed by atoms with van der Waals surface area (Å²) in [4.78, 5) is 19.3. The van der Waals surface area contributed by atoms with E-state index in [0.717, 1.165) is 10.9 Å². The number of anilines is 1. The fraction of sp³-hybridized carbons (Fsp3) is 0.389. The highest BCUT2D eigenvalue weighted by molar-refractivity contribution is 6.07. The van der Waals surface area contributed by atoms with Crippen molar-refractivity contribution >= 4 is 28.8 Å². The van der Waals surface area contributed by atoms with Crippen LogP contribution in [0.5, 0.6) is 0 Å². The maximum absolute atomic E-state index is 12.9. The van der Waals surface area contributed by atoms with Gasteiger partial charge in [-0.25, -0.2) is 4.98 Å². The van der Waals surface area contributed by atoms with Crippen molar-refractivity contribution in [2.75, 3.05) is 31.7 Å². The Morgan fingerprint density at radius 3 is 2.83 bits per heavy atom. The average molecular weight is 326 g/mol. The molecule has 1 aliphatic heterocycles. The minimum Gasteiger partial charge on any atom is -0.378 e. The van der Waals surface area contributed by atoms with Gasteiger partial charge in [0.15, 0.2) is 0 Å². The van der Waals surface area contributed by atoms with E-state index >= 15 is 0 Å². The number of hydrazone groups is 1. The largest absolute Gasteiger partial charge is 0.378 e. The number of hydrogen-bond donors (Lipinski definition) is 1. The zero-order chi connectivity index (χ0) is 16.9. The molecule has 24 heavy (non-hydrogen) atoms. The maximum Gasteiger partial charge on any atom is 0.254 e. The maximum atomic E-state index is 12.9. The number of morpholine rings is 1. The van der Waals surface area contributed by atoms with Gasteiger partial charge >= 0.3 is 0 Å². The van der Waals surface area contributed by atoms with Crippen molar-refractivity contribution in [3.05, 3.63) is 35.9 Å². The molecule has 1 amide bonds. The molecule has 6 heteroatoms. The highest BCUT2D eigenvalue weighted by atomic mass is 16.5. The molecule has 0 bridgehead atoms. The third kappa shape index (κ3) is 3.71. The Morgan fingerprint density at radius 1 is 1.33 bits per heavy atom. The lowest BCUT2D eigenvalue weighted by molar-refractivity contribution is 0.0304. The highest BCUT2D eigenvalue weighted by Gasteiger charge is 2.21. The summed E-state index contributed by atoms with van der Waals surface area (Å²) in [6.07, 6.45) is 1.81. The van der Waals surface area contributed by atoms with Crippen LogP contribution in [-0.4, -0.2) is 48.3 Å². The zero-order valence-electron chi connectivity index (χ0n) is 14.0. The van der Waals surface area contributed by atoms with Crippen molar-refractivity contribution < 1.29 is 9.53 Å². The fourth-order valence-electron chi connectivity index (χ4n) is 2.60. The molecule has 0 unspecified atom stereocenters. The van der Waals surface area contributed by atoms with Crippen LogP contribution in [0.25, 0.3) is 10.9 Å². The monoisotopic (exact) mass is 326 g/mol. The molecule has 0 aliphatic carbocycles. The van der Waals surface area contributed by atoms with E-state index in [2.05, 4.69) is 15.5 Å². The minimum absolute atomic E-state index is 0.00721. The summed E-state index contributed by atoms with van der Waals surface area (Å²) in [7, 11) is 0. The molecule has 1 aromatic heterocycles. The molecule has 2 heterocycles. The zero-order valence-corrected chi connectivity index (χ0v) is 14.0. The minimum atomic E-state index is 0.00721. The van der Waals surface area contributed by atoms with Crippen molar-refractivity contribution in [1.82, 2.24) is 9.88 Å². The number of fused-ring (bicyclic) bond motifs is 1. The van der Waals surface area contributed by atoms with E-state index < -0.39 is 0 Å². The number of para-hydroxylation sites is 1. The molecular formula is C18H22N4O2. The van der Waals surface area contributed by atoms with Crippen LogP contribution >= 0.6 is 0 Å². The first kappa shape index (κ1) is 16.4. The van der Waals surface area contributed by atoms with Crippen LogP contribution < -0.4 is 5.43 Å². The molecule has 0 saturated carbocycles. The molecule has 3 rings (SSSR count). The van der Waals surface area contributed by atoms with E-state index in [9.17, 15) is 4.79 Å². The van der Waals surface area contributed by atoms with Crippen LogP contribution in [0.1, 0.15) is 24.2 Å². The summed E-state index contributed by atoms with van der Waals surface area (Å²) in [6, 6.07) is 9.45. The van der Waals surface area contributed by atoms with Crippen LogP contribution in [-0.2, 0) is 4.74 Å². The van der Waals surface area contributed by atoms with Gasteiger partial charge in [0.05, 0.1) is 24.3 Å². The number of nitrogens with one attached hydrogen (secondary N) is 1. The summed E-state index contributed by atoms with van der Waals surface area (Å²) in [5, 5.41) is 5.03. The normalized spacial score (nSPS) is 15.4. The Bertz CT molecular complexity index is 752. The molecule has 1 N–H and O–H groups in total. The summed E-state index contributed by atoms with van der Waals surface area (Å²) < 4.78 is 5.33. The second kappa shape index (κ2) is 7.40. The number of carbonyl (C=O) groups is 1. The number of hydrogen-bond acceptors (Lipinski definition) is 5. The lowest BCUT2D eigenvalue weighted by Crippen LogP contribution is -2.40. The van der Waals surface area contributed by atoms with Crippen molar-refractivity contribution in [2.45, 2.75) is 13.8 Å². The third-order valence-corrected chi connectivity index (χ3v) is 3.80. The molecule has 1 saturated heterocycles. The van der Waals surface area contributed by atoms with E-state index in [1.54, 1.807) is 12.3 Å². The van der Waals surface area contributed by atoms with Gasteiger partial charge in [0.1, 0.15) is 5.82 Å². The predicted octanol–water partition coefficient (Wildman–Crippen LogP) is 2.76. The van der Waals surface area contributed by atoms with Gasteiger partial charge in [-0.15, -0.1) is 0 Å². The summed E-state index contributed by atoms with van der Waals surface area (Å²) in [6.45, 7) is 6.49. The molecule has 6 nitrogen and oxygen atoms in total.